The minimum Gasteiger partial charge on any atom is -0.744 e. The summed E-state index contributed by atoms with van der Waals surface area (Å²) < 4.78 is 82.0. The number of para-hydroxylation sites is 1. The SMILES string of the molecule is CCN(Cc1c[c-]ccc1)c1ccc(C(=C2C=CC(=[N+](CC)Cc3cccc(S(=O)(=O)[O-])c3)C=C2)c2ccc(OCCCC(=O)Nc3ccccc3B(O)O)cc2S(=O)(=O)[O-])cc1.[Na+].[Na+]. The van der Waals surface area contributed by atoms with Crippen LogP contribution in [0.3, 0.4) is 0 Å². The average molecular weight is 934 g/mol. The smallest absolute Gasteiger partial charge is 0.744 e. The number of nitrogens with zero attached hydrogens (tertiary/aromatic N) is 2. The van der Waals surface area contributed by atoms with Crippen LogP contribution >= 0.6 is 0 Å². The van der Waals surface area contributed by atoms with Crippen molar-refractivity contribution in [2.75, 3.05) is 29.9 Å². The summed E-state index contributed by atoms with van der Waals surface area (Å²) >= 11 is 0. The second-order valence-corrected chi connectivity index (χ2v) is 17.3. The molecule has 0 heterocycles. The van der Waals surface area contributed by atoms with Gasteiger partial charge in [0.25, 0.3) is 0 Å². The molecule has 18 heteroatoms. The molecule has 0 bridgehead atoms. The maximum atomic E-state index is 13.1. The van der Waals surface area contributed by atoms with E-state index < -0.39 is 38.2 Å². The van der Waals surface area contributed by atoms with Crippen LogP contribution < -0.4 is 79.5 Å². The van der Waals surface area contributed by atoms with Crippen LogP contribution in [0.4, 0.5) is 11.4 Å². The minimum absolute atomic E-state index is 0. The fourth-order valence-corrected chi connectivity index (χ4v) is 8.41. The summed E-state index contributed by atoms with van der Waals surface area (Å²) in [5, 5.41) is 21.9. The molecule has 65 heavy (non-hydrogen) atoms. The first-order valence-corrected chi connectivity index (χ1v) is 23.0. The van der Waals surface area contributed by atoms with Crippen LogP contribution in [-0.4, -0.2) is 79.0 Å². The molecule has 0 fully saturated rings. The molecule has 13 nitrogen and oxygen atoms in total. The van der Waals surface area contributed by atoms with E-state index in [0.29, 0.717) is 48.5 Å². The van der Waals surface area contributed by atoms with E-state index in [1.165, 1.54) is 36.4 Å². The topological polar surface area (TPSA) is 199 Å². The Labute approximate surface area is 425 Å². The van der Waals surface area contributed by atoms with Crippen molar-refractivity contribution in [2.45, 2.75) is 49.6 Å². The van der Waals surface area contributed by atoms with E-state index >= 15 is 0 Å². The van der Waals surface area contributed by atoms with Crippen molar-refractivity contribution in [1.82, 2.24) is 0 Å². The molecule has 0 atom stereocenters. The Hall–Kier alpha value is -4.14. The Kier molecular flexibility index (Phi) is 20.2. The van der Waals surface area contributed by atoms with Gasteiger partial charge in [-0.25, -0.2) is 21.4 Å². The monoisotopic (exact) mass is 933 g/mol. The third-order valence-electron chi connectivity index (χ3n) is 10.3. The first-order chi connectivity index (χ1) is 30.1. The molecule has 0 radical (unpaired) electrons. The van der Waals surface area contributed by atoms with E-state index in [-0.39, 0.29) is 106 Å². The number of ether oxygens (including phenoxy) is 1. The van der Waals surface area contributed by atoms with Crippen molar-refractivity contribution < 1.29 is 109 Å². The zero-order chi connectivity index (χ0) is 45.1. The van der Waals surface area contributed by atoms with Gasteiger partial charge in [-0.1, -0.05) is 42.5 Å². The second-order valence-electron chi connectivity index (χ2n) is 14.6. The van der Waals surface area contributed by atoms with Gasteiger partial charge in [-0.2, -0.15) is 30.3 Å². The summed E-state index contributed by atoms with van der Waals surface area (Å²) in [7, 11) is -11.5. The maximum absolute atomic E-state index is 13.1. The molecule has 0 aromatic heterocycles. The predicted octanol–water partition coefficient (Wildman–Crippen LogP) is -0.592. The van der Waals surface area contributed by atoms with Gasteiger partial charge in [0, 0.05) is 53.1 Å². The number of hydrogen-bond donors (Lipinski definition) is 3. The zero-order valence-corrected chi connectivity index (χ0v) is 42.3. The molecule has 5 aromatic rings. The van der Waals surface area contributed by atoms with Crippen LogP contribution in [0.25, 0.3) is 5.57 Å². The van der Waals surface area contributed by atoms with Crippen molar-refractivity contribution in [3.63, 3.8) is 0 Å². The van der Waals surface area contributed by atoms with Gasteiger partial charge in [0.1, 0.15) is 32.5 Å². The summed E-state index contributed by atoms with van der Waals surface area (Å²) in [6.45, 7) is 6.19. The molecule has 1 amide bonds. The van der Waals surface area contributed by atoms with Crippen LogP contribution in [0, 0.1) is 6.07 Å². The van der Waals surface area contributed by atoms with Crippen LogP contribution in [0.15, 0.2) is 155 Å². The molecule has 5 aromatic carbocycles. The van der Waals surface area contributed by atoms with E-state index in [1.54, 1.807) is 30.3 Å². The molecule has 0 saturated heterocycles. The van der Waals surface area contributed by atoms with E-state index in [0.717, 1.165) is 17.0 Å². The second kappa shape index (κ2) is 24.6. The Bertz CT molecular complexity index is 2780. The van der Waals surface area contributed by atoms with Crippen molar-refractivity contribution in [1.29, 1.82) is 0 Å². The fourth-order valence-electron chi connectivity index (χ4n) is 7.17. The Morgan fingerprint density at radius 3 is 2.17 bits per heavy atom. The molecule has 0 spiro atoms. The number of carbonyl (C=O) groups excluding carboxylic acids is 1. The molecule has 0 saturated carbocycles. The van der Waals surface area contributed by atoms with E-state index in [9.17, 15) is 40.8 Å². The zero-order valence-electron chi connectivity index (χ0n) is 36.7. The molecular weight excluding hydrogens is 887 g/mol. The first-order valence-electron chi connectivity index (χ1n) is 20.2. The largest absolute Gasteiger partial charge is 1.00 e. The van der Waals surface area contributed by atoms with Gasteiger partial charge in [0.15, 0.2) is 12.3 Å². The van der Waals surface area contributed by atoms with Crippen molar-refractivity contribution in [3.05, 3.63) is 173 Å². The Balaban J connectivity index is 0.00000462. The molecule has 0 aliphatic heterocycles. The summed E-state index contributed by atoms with van der Waals surface area (Å²) in [6, 6.07) is 34.9. The molecule has 1 aliphatic rings. The Morgan fingerprint density at radius 2 is 1.54 bits per heavy atom. The molecule has 0 unspecified atom stereocenters. The quantitative estimate of drug-likeness (QED) is 0.0334. The number of benzene rings is 5. The normalized spacial score (nSPS) is 12.2. The van der Waals surface area contributed by atoms with Gasteiger partial charge in [-0.3, -0.25) is 4.79 Å². The molecule has 326 valence electrons. The van der Waals surface area contributed by atoms with E-state index in [1.807, 2.05) is 84.3 Å². The molecular formula is C47H46BN3Na2O10S2. The minimum atomic E-state index is -5.08. The van der Waals surface area contributed by atoms with Crippen molar-refractivity contribution in [2.24, 2.45) is 0 Å². The van der Waals surface area contributed by atoms with Gasteiger partial charge < -0.3 is 34.1 Å². The van der Waals surface area contributed by atoms with Gasteiger partial charge in [-0.15, -0.1) is 5.56 Å². The molecule has 1 aliphatic carbocycles. The van der Waals surface area contributed by atoms with Gasteiger partial charge >= 0.3 is 66.2 Å². The molecule has 3 N–H and O–H groups in total. The number of anilines is 2. The van der Waals surface area contributed by atoms with Crippen molar-refractivity contribution in [3.8, 4) is 5.75 Å². The summed E-state index contributed by atoms with van der Waals surface area (Å²) in [5.41, 5.74) is 5.67. The first kappa shape index (κ1) is 53.5. The standard InChI is InChI=1S/C47H48BN3O10S2.2Na/c1-3-50(32-34-12-6-5-7-13-34)38-23-19-36(20-24-38)47(37-21-25-39(26-22-37)51(4-2)33-35-14-10-15-41(30-35)62(55,56)57)42-28-27-40(31-45(42)63(58,59)60)61-29-11-18-46(52)49-44-17-9-8-16-43(44)48(53)54;;/h5-6,8-10,12-17,19-28,30-31,53-54H,3-4,11,18,29,32-33H2,1-2H3,(H,49,52)(H,55,56,57)(H,58,59,60);;/q;2*+1/p-2. The van der Waals surface area contributed by atoms with Crippen LogP contribution in [0.2, 0.25) is 0 Å². The summed E-state index contributed by atoms with van der Waals surface area (Å²) in [4.78, 5) is 14.0. The van der Waals surface area contributed by atoms with Crippen LogP contribution in [0.5, 0.6) is 5.75 Å². The van der Waals surface area contributed by atoms with Gasteiger partial charge in [0.2, 0.25) is 5.91 Å². The number of carbonyl (C=O) groups is 1. The van der Waals surface area contributed by atoms with Gasteiger partial charge in [-0.05, 0) is 104 Å². The van der Waals surface area contributed by atoms with E-state index in [4.69, 9.17) is 4.74 Å². The number of allylic oxidation sites excluding steroid dienone is 5. The average Bonchev–Trinajstić information content (AvgIpc) is 3.27. The predicted molar refractivity (Wildman–Crippen MR) is 241 cm³/mol. The maximum Gasteiger partial charge on any atom is 1.00 e. The van der Waals surface area contributed by atoms with E-state index in [2.05, 4.69) is 23.2 Å². The third-order valence-corrected chi connectivity index (χ3v) is 12.0. The Morgan fingerprint density at radius 1 is 0.831 bits per heavy atom. The van der Waals surface area contributed by atoms with Crippen LogP contribution in [0.1, 0.15) is 48.9 Å². The summed E-state index contributed by atoms with van der Waals surface area (Å²) in [6.07, 6.45) is 7.57. The summed E-state index contributed by atoms with van der Waals surface area (Å²) in [5.74, 6) is -0.288. The number of nitrogens with one attached hydrogen (secondary N) is 1. The van der Waals surface area contributed by atoms with Crippen LogP contribution in [-0.2, 0) is 38.1 Å². The number of amides is 1. The van der Waals surface area contributed by atoms with Crippen molar-refractivity contribution >= 4 is 61.4 Å². The number of rotatable bonds is 18. The van der Waals surface area contributed by atoms with Gasteiger partial charge in [0.05, 0.1) is 16.4 Å². The number of hydrogen-bond acceptors (Lipinski definition) is 11. The third kappa shape index (κ3) is 14.7. The molecule has 6 rings (SSSR count). The fraction of sp³-hybridized carbons (Fsp3) is 0.191.